The van der Waals surface area contributed by atoms with E-state index >= 15 is 0 Å². The third-order valence-electron chi connectivity index (χ3n) is 9.13. The summed E-state index contributed by atoms with van der Waals surface area (Å²) in [6.45, 7) is 5.30. The monoisotopic (exact) mass is 366 g/mol. The predicted molar refractivity (Wildman–Crippen MR) is 92.1 cm³/mol. The third kappa shape index (κ3) is 1.66. The molecule has 0 aromatic rings. The van der Waals surface area contributed by atoms with E-state index in [0.29, 0.717) is 38.5 Å². The van der Waals surface area contributed by atoms with Gasteiger partial charge in [-0.3, -0.25) is 9.59 Å². The van der Waals surface area contributed by atoms with Crippen molar-refractivity contribution < 1.29 is 30.0 Å². The second-order valence-electron chi connectivity index (χ2n) is 9.89. The minimum Gasteiger partial charge on any atom is -0.481 e. The van der Waals surface area contributed by atoms with Crippen molar-refractivity contribution in [2.24, 2.45) is 34.0 Å². The van der Waals surface area contributed by atoms with Gasteiger partial charge in [0.1, 0.15) is 5.78 Å². The lowest BCUT2D eigenvalue weighted by atomic mass is 9.37. The van der Waals surface area contributed by atoms with Crippen molar-refractivity contribution in [3.05, 3.63) is 0 Å². The molecule has 0 aromatic carbocycles. The number of aliphatic hydroxyl groups is 3. The standard InChI is InChI=1S/C20H30O6/c1-10-11-5-8-20(26)18(3)7-4-6-17(2,16(24)25)13(18)12(21)15(23)19(20,9-11)14(10)22/h10-13,15,21,23,26H,4-9H2,1-3H3,(H,24,25). The average Bonchev–Trinajstić information content (AvgIpc) is 2.79. The van der Waals surface area contributed by atoms with Crippen LogP contribution in [0.15, 0.2) is 0 Å². The highest BCUT2D eigenvalue weighted by molar-refractivity contribution is 5.92. The second kappa shape index (κ2) is 5.09. The molecule has 26 heavy (non-hydrogen) atoms. The Labute approximate surface area is 153 Å². The van der Waals surface area contributed by atoms with Crippen LogP contribution in [0.25, 0.3) is 0 Å². The van der Waals surface area contributed by atoms with Crippen LogP contribution >= 0.6 is 0 Å². The van der Waals surface area contributed by atoms with Gasteiger partial charge in [0.05, 0.1) is 28.6 Å². The first kappa shape index (κ1) is 18.4. The molecule has 2 bridgehead atoms. The number of carboxylic acid groups (broad SMARTS) is 1. The van der Waals surface area contributed by atoms with Crippen LogP contribution in [-0.4, -0.2) is 50.0 Å². The molecule has 6 nitrogen and oxygen atoms in total. The third-order valence-corrected chi connectivity index (χ3v) is 9.13. The van der Waals surface area contributed by atoms with Crippen molar-refractivity contribution in [2.75, 3.05) is 0 Å². The van der Waals surface area contributed by atoms with Gasteiger partial charge < -0.3 is 20.4 Å². The van der Waals surface area contributed by atoms with Crippen molar-refractivity contribution in [2.45, 2.75) is 77.1 Å². The van der Waals surface area contributed by atoms with Crippen LogP contribution in [0.5, 0.6) is 0 Å². The molecular formula is C20H30O6. The summed E-state index contributed by atoms with van der Waals surface area (Å²) in [5.74, 6) is -2.11. The lowest BCUT2D eigenvalue weighted by molar-refractivity contribution is -0.313. The van der Waals surface area contributed by atoms with Crippen LogP contribution in [-0.2, 0) is 9.59 Å². The fraction of sp³-hybridized carbons (Fsp3) is 0.900. The van der Waals surface area contributed by atoms with Gasteiger partial charge in [0.15, 0.2) is 0 Å². The van der Waals surface area contributed by atoms with E-state index in [-0.39, 0.29) is 17.6 Å². The van der Waals surface area contributed by atoms with Crippen molar-refractivity contribution in [1.82, 2.24) is 0 Å². The summed E-state index contributed by atoms with van der Waals surface area (Å²) in [6, 6.07) is 0. The van der Waals surface area contributed by atoms with Crippen LogP contribution < -0.4 is 0 Å². The Balaban J connectivity index is 1.95. The van der Waals surface area contributed by atoms with E-state index in [1.54, 1.807) is 6.92 Å². The molecule has 6 heteroatoms. The molecular weight excluding hydrogens is 336 g/mol. The Hall–Kier alpha value is -0.980. The molecule has 0 aliphatic heterocycles. The van der Waals surface area contributed by atoms with Crippen molar-refractivity contribution in [3.63, 3.8) is 0 Å². The number of aliphatic hydroxyl groups excluding tert-OH is 2. The van der Waals surface area contributed by atoms with E-state index < -0.39 is 45.9 Å². The van der Waals surface area contributed by atoms with E-state index in [1.807, 2.05) is 13.8 Å². The fourth-order valence-electron chi connectivity index (χ4n) is 7.73. The molecule has 0 aromatic heterocycles. The van der Waals surface area contributed by atoms with E-state index in [2.05, 4.69) is 0 Å². The van der Waals surface area contributed by atoms with Crippen LogP contribution in [0, 0.1) is 34.0 Å². The number of aliphatic carboxylic acids is 1. The molecule has 4 N–H and O–H groups in total. The zero-order chi connectivity index (χ0) is 19.3. The van der Waals surface area contributed by atoms with Crippen LogP contribution in [0.3, 0.4) is 0 Å². The molecule has 0 amide bonds. The molecule has 4 aliphatic rings. The summed E-state index contributed by atoms with van der Waals surface area (Å²) in [5.41, 5.74) is -5.04. The highest BCUT2D eigenvalue weighted by atomic mass is 16.4. The Morgan fingerprint density at radius 2 is 1.81 bits per heavy atom. The van der Waals surface area contributed by atoms with Gasteiger partial charge in [-0.15, -0.1) is 0 Å². The van der Waals surface area contributed by atoms with Crippen LogP contribution in [0.4, 0.5) is 0 Å². The molecule has 4 fully saturated rings. The van der Waals surface area contributed by atoms with Crippen LogP contribution in [0.1, 0.15) is 59.3 Å². The first-order valence-electron chi connectivity index (χ1n) is 9.83. The molecule has 4 aliphatic carbocycles. The van der Waals surface area contributed by atoms with Gasteiger partial charge in [0.25, 0.3) is 0 Å². The maximum Gasteiger partial charge on any atom is 0.309 e. The Morgan fingerprint density at radius 1 is 1.15 bits per heavy atom. The summed E-state index contributed by atoms with van der Waals surface area (Å²) < 4.78 is 0. The smallest absolute Gasteiger partial charge is 0.309 e. The van der Waals surface area contributed by atoms with Gasteiger partial charge >= 0.3 is 5.97 Å². The number of Topliss-reactive ketones (excluding diaryl/α,β-unsaturated/α-hetero) is 1. The molecule has 1 spiro atoms. The van der Waals surface area contributed by atoms with E-state index in [9.17, 15) is 30.0 Å². The molecule has 146 valence electrons. The largest absolute Gasteiger partial charge is 0.481 e. The number of carbonyl (C=O) groups excluding carboxylic acids is 1. The number of carbonyl (C=O) groups is 2. The van der Waals surface area contributed by atoms with E-state index in [0.717, 1.165) is 0 Å². The Morgan fingerprint density at radius 3 is 2.42 bits per heavy atom. The number of hydrogen-bond acceptors (Lipinski definition) is 5. The van der Waals surface area contributed by atoms with Crippen molar-refractivity contribution in [1.29, 1.82) is 0 Å². The summed E-state index contributed by atoms with van der Waals surface area (Å²) in [4.78, 5) is 25.4. The number of rotatable bonds is 1. The minimum absolute atomic E-state index is 0.110. The summed E-state index contributed by atoms with van der Waals surface area (Å²) in [6.07, 6.45) is 0.243. The van der Waals surface area contributed by atoms with Gasteiger partial charge in [-0.2, -0.15) is 0 Å². The predicted octanol–water partition coefficient (Wildman–Crippen LogP) is 1.36. The van der Waals surface area contributed by atoms with E-state index in [1.165, 1.54) is 0 Å². The van der Waals surface area contributed by atoms with Gasteiger partial charge in [-0.05, 0) is 44.9 Å². The lowest BCUT2D eigenvalue weighted by Crippen LogP contribution is -2.78. The normalized spacial score (nSPS) is 58.8. The quantitative estimate of drug-likeness (QED) is 0.557. The van der Waals surface area contributed by atoms with Gasteiger partial charge in [0, 0.05) is 17.3 Å². The van der Waals surface area contributed by atoms with Gasteiger partial charge in [-0.1, -0.05) is 20.3 Å². The minimum atomic E-state index is -1.49. The Bertz CT molecular complexity index is 677. The van der Waals surface area contributed by atoms with Crippen molar-refractivity contribution >= 4 is 11.8 Å². The number of hydrogen-bond donors (Lipinski definition) is 4. The fourth-order valence-corrected chi connectivity index (χ4v) is 7.73. The number of ketones is 1. The van der Waals surface area contributed by atoms with Crippen molar-refractivity contribution in [3.8, 4) is 0 Å². The van der Waals surface area contributed by atoms with Crippen LogP contribution in [0.2, 0.25) is 0 Å². The number of fused-ring (bicyclic) bond motifs is 3. The maximum absolute atomic E-state index is 13.3. The molecule has 4 rings (SSSR count). The average molecular weight is 366 g/mol. The maximum atomic E-state index is 13.3. The van der Waals surface area contributed by atoms with E-state index in [4.69, 9.17) is 0 Å². The lowest BCUT2D eigenvalue weighted by Gasteiger charge is -2.69. The highest BCUT2D eigenvalue weighted by Crippen LogP contribution is 2.72. The molecule has 0 saturated heterocycles. The number of carboxylic acids is 1. The topological polar surface area (TPSA) is 115 Å². The molecule has 0 radical (unpaired) electrons. The summed E-state index contributed by atoms with van der Waals surface area (Å²) in [5, 5.41) is 44.2. The molecule has 9 unspecified atom stereocenters. The second-order valence-corrected chi connectivity index (χ2v) is 9.89. The molecule has 9 atom stereocenters. The highest BCUT2D eigenvalue weighted by Gasteiger charge is 2.80. The summed E-state index contributed by atoms with van der Waals surface area (Å²) >= 11 is 0. The zero-order valence-corrected chi connectivity index (χ0v) is 15.7. The first-order chi connectivity index (χ1) is 12.0. The Kier molecular flexibility index (Phi) is 3.60. The van der Waals surface area contributed by atoms with Gasteiger partial charge in [-0.25, -0.2) is 0 Å². The zero-order valence-electron chi connectivity index (χ0n) is 15.7. The van der Waals surface area contributed by atoms with Gasteiger partial charge in [0.2, 0.25) is 0 Å². The SMILES string of the molecule is CC1C(=O)C23CC1CCC2(O)C1(C)CCCC(C)(C(=O)O)C1C(O)C3O. The molecule has 4 saturated carbocycles. The molecule has 0 heterocycles. The summed E-state index contributed by atoms with van der Waals surface area (Å²) in [7, 11) is 0. The first-order valence-corrected chi connectivity index (χ1v) is 9.83.